The molecule has 3 aliphatic rings. The largest absolute Gasteiger partial charge is 0.539 e. The number of ether oxygens (including phenoxy) is 1. The summed E-state index contributed by atoms with van der Waals surface area (Å²) < 4.78 is 29.2. The van der Waals surface area contributed by atoms with Gasteiger partial charge in [-0.05, 0) is 31.5 Å². The molecule has 0 N–H and O–H groups in total. The zero-order valence-corrected chi connectivity index (χ0v) is 27.5. The number of carbonyl (C=O) groups excluding carboxylic acids is 4. The molecule has 4 rings (SSSR count). The van der Waals surface area contributed by atoms with Crippen LogP contribution in [0, 0.1) is 18.8 Å². The van der Waals surface area contributed by atoms with E-state index >= 15 is 0 Å². The van der Waals surface area contributed by atoms with Crippen molar-refractivity contribution in [1.82, 2.24) is 9.88 Å². The molecular weight excluding hydrogens is 601 g/mol. The third-order valence-electron chi connectivity index (χ3n) is 8.50. The van der Waals surface area contributed by atoms with E-state index in [1.165, 1.54) is 11.3 Å². The number of fused-ring (bicyclic) bond motifs is 3. The third kappa shape index (κ3) is 5.74. The summed E-state index contributed by atoms with van der Waals surface area (Å²) in [5.74, 6) is -5.09. The van der Waals surface area contributed by atoms with Crippen molar-refractivity contribution in [3.05, 3.63) is 16.1 Å². The second-order valence-electron chi connectivity index (χ2n) is 12.3. The van der Waals surface area contributed by atoms with Crippen LogP contribution in [0.2, 0.25) is 18.1 Å². The number of ketones is 1. The van der Waals surface area contributed by atoms with E-state index in [2.05, 4.69) is 48.7 Å². The smallest absolute Gasteiger partial charge is 0.378 e. The molecule has 16 heteroatoms. The fourth-order valence-electron chi connectivity index (χ4n) is 4.99. The quantitative estimate of drug-likeness (QED) is 0.116. The summed E-state index contributed by atoms with van der Waals surface area (Å²) in [5, 5.41) is 5.53. The molecule has 228 valence electrons. The Morgan fingerprint density at radius 1 is 1.36 bits per heavy atom. The highest BCUT2D eigenvalue weighted by Gasteiger charge is 2.73. The molecule has 2 radical (unpaired) electrons. The number of esters is 1. The van der Waals surface area contributed by atoms with E-state index < -0.39 is 71.8 Å². The minimum Gasteiger partial charge on any atom is -0.539 e. The van der Waals surface area contributed by atoms with Gasteiger partial charge in [0.1, 0.15) is 17.2 Å². The van der Waals surface area contributed by atoms with E-state index in [9.17, 15) is 23.4 Å². The molecule has 1 amide bonds. The van der Waals surface area contributed by atoms with Crippen LogP contribution in [0.4, 0.5) is 0 Å². The van der Waals surface area contributed by atoms with Gasteiger partial charge in [0.05, 0.1) is 29.9 Å². The number of nitrogens with zero attached hydrogens (tertiary/aromatic N) is 3. The predicted octanol–water partition coefficient (Wildman–Crippen LogP) is 2.36. The van der Waals surface area contributed by atoms with Gasteiger partial charge in [-0.3, -0.25) is 23.5 Å². The molecule has 1 aromatic rings. The predicted molar refractivity (Wildman–Crippen MR) is 157 cm³/mol. The van der Waals surface area contributed by atoms with Crippen molar-refractivity contribution in [2.24, 2.45) is 17.0 Å². The number of aryl methyl sites for hydroxylation is 1. The third-order valence-corrected chi connectivity index (χ3v) is 15.6. The number of Topliss-reactive ketones (excluding diaryl/α,β-unsaturated/α-hetero) is 1. The molecule has 0 aliphatic carbocycles. The first-order valence-corrected chi connectivity index (χ1v) is 18.9. The van der Waals surface area contributed by atoms with Crippen molar-refractivity contribution < 1.29 is 42.0 Å². The summed E-state index contributed by atoms with van der Waals surface area (Å²) in [6.07, 6.45) is -0.430. The van der Waals surface area contributed by atoms with Crippen LogP contribution in [0.1, 0.15) is 57.7 Å². The average Bonchev–Trinajstić information content (AvgIpc) is 3.48. The molecule has 6 atom stereocenters. The Kier molecular flexibility index (Phi) is 9.22. The van der Waals surface area contributed by atoms with E-state index in [1.807, 2.05) is 6.92 Å². The number of β-lactam (4-membered cyclic amide) rings is 1. The Morgan fingerprint density at radius 2 is 2.05 bits per heavy atom. The standard InChI is InChI=1S/C26H36BN3O9S2Si/c1-8-16(11-36-42(6,7)25(3,4)5)39-29-21(18-12-40-14(2)28-18)19(31)10-17-22(33)30-23(17)41(35)13-15-9-20(32)37-26(15,30)24(34)38-27/h12,15-17,23H,8-11,13H2,1-7H3/b29-21-/t15-,16?,17+,23+,26+,41-/m0/s1. The van der Waals surface area contributed by atoms with Gasteiger partial charge in [0.25, 0.3) is 5.72 Å². The summed E-state index contributed by atoms with van der Waals surface area (Å²) in [7, 11) is 1.39. The van der Waals surface area contributed by atoms with E-state index in [0.717, 1.165) is 4.90 Å². The van der Waals surface area contributed by atoms with Gasteiger partial charge >= 0.3 is 20.0 Å². The lowest BCUT2D eigenvalue weighted by Crippen LogP contribution is -2.78. The minimum atomic E-state index is -2.09. The normalized spacial score (nSPS) is 28.4. The number of hydrogen-bond donors (Lipinski definition) is 0. The number of rotatable bonds is 11. The molecule has 12 nitrogen and oxygen atoms in total. The van der Waals surface area contributed by atoms with E-state index in [0.29, 0.717) is 23.7 Å². The highest BCUT2D eigenvalue weighted by atomic mass is 32.2. The van der Waals surface area contributed by atoms with Crippen LogP contribution in [-0.2, 0) is 48.6 Å². The van der Waals surface area contributed by atoms with Gasteiger partial charge in [-0.25, -0.2) is 9.78 Å². The number of aromatic nitrogens is 1. The molecule has 1 aromatic heterocycles. The van der Waals surface area contributed by atoms with Crippen molar-refractivity contribution in [1.29, 1.82) is 0 Å². The van der Waals surface area contributed by atoms with Crippen LogP contribution in [0.5, 0.6) is 0 Å². The minimum absolute atomic E-state index is 0.00647. The topological polar surface area (TPSA) is 151 Å². The van der Waals surface area contributed by atoms with Gasteiger partial charge < -0.3 is 18.7 Å². The van der Waals surface area contributed by atoms with E-state index in [1.54, 1.807) is 12.3 Å². The summed E-state index contributed by atoms with van der Waals surface area (Å²) in [6.45, 7) is 14.7. The second-order valence-corrected chi connectivity index (χ2v) is 19.7. The number of thiazole rings is 1. The van der Waals surface area contributed by atoms with Gasteiger partial charge in [0.2, 0.25) is 5.91 Å². The molecule has 0 bridgehead atoms. The highest BCUT2D eigenvalue weighted by molar-refractivity contribution is 7.85. The van der Waals surface area contributed by atoms with Crippen LogP contribution >= 0.6 is 11.3 Å². The number of amides is 1. The fraction of sp³-hybridized carbons (Fsp3) is 0.692. The van der Waals surface area contributed by atoms with Crippen molar-refractivity contribution in [2.45, 2.75) is 89.2 Å². The lowest BCUT2D eigenvalue weighted by Gasteiger charge is -2.56. The summed E-state index contributed by atoms with van der Waals surface area (Å²) in [4.78, 5) is 63.0. The molecule has 3 aliphatic heterocycles. The van der Waals surface area contributed by atoms with Crippen LogP contribution < -0.4 is 0 Å². The fourth-order valence-corrected chi connectivity index (χ4v) is 8.63. The van der Waals surface area contributed by atoms with Gasteiger partial charge in [-0.1, -0.05) is 32.9 Å². The first-order chi connectivity index (χ1) is 19.6. The first kappa shape index (κ1) is 32.5. The second kappa shape index (κ2) is 11.9. The van der Waals surface area contributed by atoms with E-state index in [4.69, 9.17) is 22.0 Å². The van der Waals surface area contributed by atoms with E-state index in [-0.39, 0.29) is 29.3 Å². The van der Waals surface area contributed by atoms with Crippen molar-refractivity contribution in [3.63, 3.8) is 0 Å². The molecule has 42 heavy (non-hydrogen) atoms. The maximum absolute atomic E-state index is 13.6. The SMILES string of the molecule is [B]OC(=O)[C@]12OC(=O)C[C@H]1C[S@](=O)[C@@H]1[C@H](CC(=O)/C(=N\OC(CC)CO[Si](C)(C)C(C)(C)C)c3csc(C)n3)C(=O)N12. The number of oxime groups is 1. The molecule has 1 unspecified atom stereocenters. The molecule has 3 fully saturated rings. The molecule has 4 heterocycles. The van der Waals surface area contributed by atoms with Crippen LogP contribution in [0.3, 0.4) is 0 Å². The van der Waals surface area contributed by atoms with Gasteiger partial charge in [-0.15, -0.1) is 11.3 Å². The summed E-state index contributed by atoms with van der Waals surface area (Å²) >= 11 is 1.33. The lowest BCUT2D eigenvalue weighted by molar-refractivity contribution is -0.218. The Labute approximate surface area is 253 Å². The number of carbonyl (C=O) groups is 4. The lowest BCUT2D eigenvalue weighted by atomic mass is 9.84. The Bertz CT molecular complexity index is 1330. The van der Waals surface area contributed by atoms with Crippen LogP contribution in [0.15, 0.2) is 10.5 Å². The Morgan fingerprint density at radius 3 is 2.62 bits per heavy atom. The van der Waals surface area contributed by atoms with Gasteiger partial charge in [-0.2, -0.15) is 0 Å². The average molecular weight is 638 g/mol. The summed E-state index contributed by atoms with van der Waals surface area (Å²) in [6, 6.07) is 0. The highest BCUT2D eigenvalue weighted by Crippen LogP contribution is 2.51. The monoisotopic (exact) mass is 637 g/mol. The van der Waals surface area contributed by atoms with Crippen LogP contribution in [-0.4, -0.2) is 89.4 Å². The molecular formula is C26H36BN3O9S2Si. The Balaban J connectivity index is 1.55. The Hall–Kier alpha value is -2.43. The van der Waals surface area contributed by atoms with Gasteiger partial charge in [0, 0.05) is 28.4 Å². The van der Waals surface area contributed by atoms with Crippen molar-refractivity contribution >= 4 is 67.8 Å². The first-order valence-electron chi connectivity index (χ1n) is 13.7. The maximum atomic E-state index is 13.6. The number of hydrogen-bond acceptors (Lipinski definition) is 12. The van der Waals surface area contributed by atoms with Gasteiger partial charge in [0.15, 0.2) is 19.8 Å². The molecule has 0 spiro atoms. The molecule has 3 saturated heterocycles. The van der Waals surface area contributed by atoms with Crippen molar-refractivity contribution in [2.75, 3.05) is 12.4 Å². The maximum Gasteiger partial charge on any atom is 0.378 e. The zero-order chi connectivity index (χ0) is 31.2. The molecule has 0 aromatic carbocycles. The zero-order valence-electron chi connectivity index (χ0n) is 24.8. The summed E-state index contributed by atoms with van der Waals surface area (Å²) in [5.41, 5.74) is -1.87. The van der Waals surface area contributed by atoms with Crippen molar-refractivity contribution in [3.8, 4) is 0 Å². The van der Waals surface area contributed by atoms with Crippen LogP contribution in [0.25, 0.3) is 0 Å². The molecule has 0 saturated carbocycles.